The first kappa shape index (κ1) is 18.8. The van der Waals surface area contributed by atoms with E-state index < -0.39 is 9.84 Å². The Morgan fingerprint density at radius 3 is 2.54 bits per heavy atom. The fourth-order valence-electron chi connectivity index (χ4n) is 3.63. The van der Waals surface area contributed by atoms with Gasteiger partial charge >= 0.3 is 0 Å². The molecule has 0 unspecified atom stereocenters. The summed E-state index contributed by atoms with van der Waals surface area (Å²) in [6, 6.07) is 9.35. The van der Waals surface area contributed by atoms with E-state index in [4.69, 9.17) is 4.74 Å². The molecule has 0 atom stereocenters. The molecular weight excluding hydrogens is 378 g/mol. The number of benzene rings is 1. The topological polar surface area (TPSA) is 91.2 Å². The van der Waals surface area contributed by atoms with Gasteiger partial charge in [-0.15, -0.1) is 0 Å². The molecule has 0 bridgehead atoms. The lowest BCUT2D eigenvalue weighted by Crippen LogP contribution is -2.31. The summed E-state index contributed by atoms with van der Waals surface area (Å²) in [7, 11) is -3.59. The van der Waals surface area contributed by atoms with Crippen LogP contribution < -0.4 is 5.56 Å². The largest absolute Gasteiger partial charge is 0.381 e. The first-order valence-corrected chi connectivity index (χ1v) is 11.0. The number of nitrogens with zero attached hydrogens (tertiary/aromatic N) is 3. The summed E-state index contributed by atoms with van der Waals surface area (Å²) in [6.07, 6.45) is 3.89. The number of aryl methyl sites for hydroxylation is 1. The van der Waals surface area contributed by atoms with Crippen LogP contribution in [0.5, 0.6) is 0 Å². The van der Waals surface area contributed by atoms with Crippen LogP contribution in [0.3, 0.4) is 0 Å². The third-order valence-corrected chi connectivity index (χ3v) is 5.93. The van der Waals surface area contributed by atoms with Crippen LogP contribution in [-0.2, 0) is 14.6 Å². The number of ether oxygens (including phenoxy) is 1. The maximum Gasteiger partial charge on any atom is 0.260 e. The molecule has 0 saturated carbocycles. The van der Waals surface area contributed by atoms with Gasteiger partial charge in [0.2, 0.25) is 15.0 Å². The van der Waals surface area contributed by atoms with E-state index in [1.54, 1.807) is 10.6 Å². The van der Waals surface area contributed by atoms with Crippen molar-refractivity contribution in [1.29, 1.82) is 0 Å². The van der Waals surface area contributed by atoms with E-state index in [0.29, 0.717) is 42.7 Å². The Morgan fingerprint density at radius 1 is 1.14 bits per heavy atom. The van der Waals surface area contributed by atoms with Crippen LogP contribution in [0.2, 0.25) is 0 Å². The molecule has 0 N–H and O–H groups in total. The fourth-order valence-corrected chi connectivity index (χ4v) is 4.13. The zero-order valence-electron chi connectivity index (χ0n) is 15.8. The Kier molecular flexibility index (Phi) is 4.76. The lowest BCUT2D eigenvalue weighted by Gasteiger charge is -2.26. The molecule has 1 aromatic carbocycles. The molecule has 0 radical (unpaired) electrons. The number of aromatic nitrogens is 3. The van der Waals surface area contributed by atoms with E-state index >= 15 is 0 Å². The molecule has 0 amide bonds. The van der Waals surface area contributed by atoms with Gasteiger partial charge in [0.25, 0.3) is 5.56 Å². The molecule has 3 aromatic rings. The van der Waals surface area contributed by atoms with Crippen LogP contribution in [0.4, 0.5) is 0 Å². The predicted octanol–water partition coefficient (Wildman–Crippen LogP) is 2.52. The molecule has 8 heteroatoms. The van der Waals surface area contributed by atoms with Crippen molar-refractivity contribution in [2.45, 2.75) is 31.0 Å². The lowest BCUT2D eigenvalue weighted by molar-refractivity contribution is 0.0697. The average molecular weight is 399 g/mol. The zero-order valence-corrected chi connectivity index (χ0v) is 16.6. The second-order valence-electron chi connectivity index (χ2n) is 7.10. The van der Waals surface area contributed by atoms with Gasteiger partial charge < -0.3 is 4.74 Å². The third kappa shape index (κ3) is 3.33. The maximum absolute atomic E-state index is 13.5. The smallest absolute Gasteiger partial charge is 0.260 e. The van der Waals surface area contributed by atoms with Gasteiger partial charge in [0.1, 0.15) is 5.65 Å². The molecule has 3 heterocycles. The normalized spacial score (nSPS) is 15.8. The van der Waals surface area contributed by atoms with Crippen LogP contribution in [0.15, 0.2) is 46.5 Å². The minimum Gasteiger partial charge on any atom is -0.381 e. The Hall–Kier alpha value is -2.58. The third-order valence-electron chi connectivity index (χ3n) is 5.07. The quantitative estimate of drug-likeness (QED) is 0.629. The van der Waals surface area contributed by atoms with Crippen molar-refractivity contribution < 1.29 is 13.2 Å². The van der Waals surface area contributed by atoms with E-state index in [-0.39, 0.29) is 16.8 Å². The second-order valence-corrected chi connectivity index (χ2v) is 9.00. The van der Waals surface area contributed by atoms with Crippen molar-refractivity contribution in [2.75, 3.05) is 19.5 Å². The zero-order chi connectivity index (χ0) is 19.9. The van der Waals surface area contributed by atoms with E-state index in [1.807, 2.05) is 31.2 Å². The van der Waals surface area contributed by atoms with Crippen LogP contribution in [0.25, 0.3) is 22.2 Å². The predicted molar refractivity (Wildman–Crippen MR) is 106 cm³/mol. The summed E-state index contributed by atoms with van der Waals surface area (Å²) in [6.45, 7) is 3.06. The van der Waals surface area contributed by atoms with Crippen LogP contribution in [0, 0.1) is 6.92 Å². The van der Waals surface area contributed by atoms with Gasteiger partial charge in [0.05, 0.1) is 0 Å². The minimum absolute atomic E-state index is 0.102. The molecular formula is C20H21N3O4S. The Bertz CT molecular complexity index is 1210. The summed E-state index contributed by atoms with van der Waals surface area (Å²) in [5.41, 5.74) is 2.58. The van der Waals surface area contributed by atoms with Crippen LogP contribution >= 0.6 is 0 Å². The number of fused-ring (bicyclic) bond motifs is 1. The van der Waals surface area contributed by atoms with Crippen molar-refractivity contribution in [3.63, 3.8) is 0 Å². The lowest BCUT2D eigenvalue weighted by atomic mass is 10.00. The van der Waals surface area contributed by atoms with Gasteiger partial charge in [0, 0.05) is 42.7 Å². The standard InChI is InChI=1S/C20H21N3O4S/c1-13-5-3-4-6-16(13)17-11-14-12-21-20(28(2,25)26)22-18(14)23(19(17)24)15-7-9-27-10-8-15/h3-6,11-12,15H,7-10H2,1-2H3. The molecule has 146 valence electrons. The van der Waals surface area contributed by atoms with E-state index in [2.05, 4.69) is 9.97 Å². The van der Waals surface area contributed by atoms with E-state index in [0.717, 1.165) is 17.4 Å². The molecule has 0 aliphatic carbocycles. The number of sulfone groups is 1. The molecule has 2 aromatic heterocycles. The first-order valence-electron chi connectivity index (χ1n) is 9.12. The fraction of sp³-hybridized carbons (Fsp3) is 0.350. The van der Waals surface area contributed by atoms with Crippen molar-refractivity contribution in [1.82, 2.24) is 14.5 Å². The minimum atomic E-state index is -3.59. The molecule has 1 saturated heterocycles. The van der Waals surface area contributed by atoms with Gasteiger partial charge in [-0.1, -0.05) is 24.3 Å². The highest BCUT2D eigenvalue weighted by Crippen LogP contribution is 2.28. The van der Waals surface area contributed by atoms with Crippen molar-refractivity contribution in [2.24, 2.45) is 0 Å². The van der Waals surface area contributed by atoms with Crippen molar-refractivity contribution in [3.05, 3.63) is 52.4 Å². The van der Waals surface area contributed by atoms with Gasteiger partial charge in [-0.2, -0.15) is 4.98 Å². The molecule has 1 fully saturated rings. The van der Waals surface area contributed by atoms with E-state index in [1.165, 1.54) is 6.20 Å². The number of pyridine rings is 1. The monoisotopic (exact) mass is 399 g/mol. The molecule has 7 nitrogen and oxygen atoms in total. The Balaban J connectivity index is 2.05. The van der Waals surface area contributed by atoms with Crippen LogP contribution in [0.1, 0.15) is 24.4 Å². The highest BCUT2D eigenvalue weighted by Gasteiger charge is 2.24. The molecule has 4 rings (SSSR count). The summed E-state index contributed by atoms with van der Waals surface area (Å²) in [4.78, 5) is 21.8. The summed E-state index contributed by atoms with van der Waals surface area (Å²) < 4.78 is 31.0. The molecule has 28 heavy (non-hydrogen) atoms. The maximum atomic E-state index is 13.5. The Labute approximate surface area is 162 Å². The first-order chi connectivity index (χ1) is 13.4. The summed E-state index contributed by atoms with van der Waals surface area (Å²) >= 11 is 0. The van der Waals surface area contributed by atoms with Gasteiger partial charge in [-0.3, -0.25) is 9.36 Å². The Morgan fingerprint density at radius 2 is 1.86 bits per heavy atom. The molecule has 0 spiro atoms. The number of hydrogen-bond acceptors (Lipinski definition) is 6. The van der Waals surface area contributed by atoms with E-state index in [9.17, 15) is 13.2 Å². The van der Waals surface area contributed by atoms with Crippen molar-refractivity contribution >= 4 is 20.9 Å². The number of hydrogen-bond donors (Lipinski definition) is 0. The van der Waals surface area contributed by atoms with Crippen LogP contribution in [-0.4, -0.2) is 42.4 Å². The van der Waals surface area contributed by atoms with Crippen molar-refractivity contribution in [3.8, 4) is 11.1 Å². The van der Waals surface area contributed by atoms with Gasteiger partial charge in [0.15, 0.2) is 0 Å². The summed E-state index contributed by atoms with van der Waals surface area (Å²) in [5.74, 6) is 0. The molecule has 1 aliphatic heterocycles. The highest BCUT2D eigenvalue weighted by molar-refractivity contribution is 7.90. The average Bonchev–Trinajstić information content (AvgIpc) is 2.68. The highest BCUT2D eigenvalue weighted by atomic mass is 32.2. The number of rotatable bonds is 3. The summed E-state index contributed by atoms with van der Waals surface area (Å²) in [5, 5.41) is 0.362. The van der Waals surface area contributed by atoms with Gasteiger partial charge in [-0.25, -0.2) is 13.4 Å². The SMILES string of the molecule is Cc1ccccc1-c1cc2cnc(S(C)(=O)=O)nc2n(C2CCOCC2)c1=O. The second kappa shape index (κ2) is 7.10. The molecule has 1 aliphatic rings. The van der Waals surface area contributed by atoms with Gasteiger partial charge in [-0.05, 0) is 37.0 Å².